The first-order chi connectivity index (χ1) is 19.3. The van der Waals surface area contributed by atoms with E-state index in [-0.39, 0.29) is 30.1 Å². The third-order valence-corrected chi connectivity index (χ3v) is 8.81. The molecule has 0 radical (unpaired) electrons. The lowest BCUT2D eigenvalue weighted by Crippen LogP contribution is -2.54. The molecule has 5 aliphatic rings. The van der Waals surface area contributed by atoms with Crippen LogP contribution in [-0.2, 0) is 29.3 Å². The molecule has 8 heteroatoms. The van der Waals surface area contributed by atoms with Crippen LogP contribution >= 0.6 is 0 Å². The first kappa shape index (κ1) is 24.9. The SMILES string of the molecule is Cc1ccc(N2C(=O)[C@@H]3C4c5ccccc5C(/C=N\NC(=O)CC5(C)OCCO5)(c5ccccc54)[C@H]3C2=O)cc1. The van der Waals surface area contributed by atoms with E-state index in [4.69, 9.17) is 9.47 Å². The number of aryl methyl sites for hydroxylation is 1. The van der Waals surface area contributed by atoms with Crippen LogP contribution in [0.25, 0.3) is 0 Å². The van der Waals surface area contributed by atoms with E-state index in [0.29, 0.717) is 18.9 Å². The van der Waals surface area contributed by atoms with Crippen LogP contribution in [0.2, 0.25) is 0 Å². The van der Waals surface area contributed by atoms with Crippen molar-refractivity contribution in [1.29, 1.82) is 0 Å². The summed E-state index contributed by atoms with van der Waals surface area (Å²) in [6.07, 6.45) is 1.65. The van der Waals surface area contributed by atoms with Crippen LogP contribution in [0.5, 0.6) is 0 Å². The van der Waals surface area contributed by atoms with E-state index >= 15 is 0 Å². The van der Waals surface area contributed by atoms with Gasteiger partial charge in [0, 0.05) is 12.1 Å². The molecule has 2 heterocycles. The van der Waals surface area contributed by atoms with Gasteiger partial charge in [-0.3, -0.25) is 14.4 Å². The Bertz CT molecular complexity index is 1530. The van der Waals surface area contributed by atoms with Crippen molar-refractivity contribution in [2.45, 2.75) is 37.4 Å². The number of hydrogen-bond donors (Lipinski definition) is 1. The van der Waals surface area contributed by atoms with Crippen LogP contribution in [0, 0.1) is 18.8 Å². The second-order valence-corrected chi connectivity index (χ2v) is 11.2. The summed E-state index contributed by atoms with van der Waals surface area (Å²) in [4.78, 5) is 42.7. The van der Waals surface area contributed by atoms with Crippen LogP contribution in [0.3, 0.4) is 0 Å². The summed E-state index contributed by atoms with van der Waals surface area (Å²) in [5.74, 6) is -3.40. The first-order valence-corrected chi connectivity index (χ1v) is 13.6. The second kappa shape index (κ2) is 8.94. The Morgan fingerprint density at radius 2 is 1.55 bits per heavy atom. The van der Waals surface area contributed by atoms with Crippen LogP contribution in [-0.4, -0.2) is 42.9 Å². The molecule has 1 N–H and O–H groups in total. The van der Waals surface area contributed by atoms with Crippen LogP contribution in [0.4, 0.5) is 5.69 Å². The Morgan fingerprint density at radius 1 is 0.950 bits per heavy atom. The van der Waals surface area contributed by atoms with Gasteiger partial charge >= 0.3 is 0 Å². The van der Waals surface area contributed by atoms with Gasteiger partial charge in [0.15, 0.2) is 5.79 Å². The zero-order valence-corrected chi connectivity index (χ0v) is 22.3. The third-order valence-electron chi connectivity index (χ3n) is 8.81. The van der Waals surface area contributed by atoms with Crippen molar-refractivity contribution >= 4 is 29.6 Å². The second-order valence-electron chi connectivity index (χ2n) is 11.2. The van der Waals surface area contributed by atoms with E-state index in [1.807, 2.05) is 79.7 Å². The molecule has 3 aliphatic carbocycles. The summed E-state index contributed by atoms with van der Waals surface area (Å²) in [7, 11) is 0. The van der Waals surface area contributed by atoms with Crippen LogP contribution in [0.15, 0.2) is 77.9 Å². The maximum atomic E-state index is 14.3. The Balaban J connectivity index is 1.35. The molecule has 0 saturated carbocycles. The average molecular weight is 536 g/mol. The maximum Gasteiger partial charge on any atom is 0.245 e. The standard InChI is InChI=1S/C32H29N3O5/c1-19-11-13-20(14-12-19)35-29(37)27-26-21-7-3-5-9-23(21)32(28(27)30(35)38,24-10-6-4-8-22(24)26)18-33-34-25(36)17-31(2)39-15-16-40-31/h3-14,18,26-28H,15-17H2,1-2H3,(H,34,36)/b33-18-/t26?,27-,28-,32?/m1/s1. The number of amides is 3. The molecular weight excluding hydrogens is 506 g/mol. The summed E-state index contributed by atoms with van der Waals surface area (Å²) in [6, 6.07) is 23.4. The molecule has 8 nitrogen and oxygen atoms in total. The first-order valence-electron chi connectivity index (χ1n) is 13.6. The highest BCUT2D eigenvalue weighted by Gasteiger charge is 2.68. The summed E-state index contributed by atoms with van der Waals surface area (Å²) in [5, 5.41) is 4.45. The lowest BCUT2D eigenvalue weighted by Gasteiger charge is -2.52. The molecule has 3 aromatic rings. The number of carbonyl (C=O) groups excluding carboxylic acids is 3. The maximum absolute atomic E-state index is 14.3. The summed E-state index contributed by atoms with van der Waals surface area (Å²) in [6.45, 7) is 4.56. The van der Waals surface area contributed by atoms with E-state index in [1.165, 1.54) is 4.90 Å². The van der Waals surface area contributed by atoms with Gasteiger partial charge in [-0.2, -0.15) is 5.10 Å². The largest absolute Gasteiger partial charge is 0.347 e. The number of benzene rings is 3. The highest BCUT2D eigenvalue weighted by molar-refractivity contribution is 6.25. The summed E-state index contributed by atoms with van der Waals surface area (Å²) in [5.41, 5.74) is 7.07. The molecule has 0 unspecified atom stereocenters. The van der Waals surface area contributed by atoms with Gasteiger partial charge < -0.3 is 9.47 Å². The number of hydrazone groups is 1. The van der Waals surface area contributed by atoms with Gasteiger partial charge in [-0.15, -0.1) is 0 Å². The molecule has 2 saturated heterocycles. The molecule has 3 aromatic carbocycles. The number of ether oxygens (including phenoxy) is 2. The topological polar surface area (TPSA) is 97.3 Å². The van der Waals surface area contributed by atoms with E-state index in [0.717, 1.165) is 27.8 Å². The number of nitrogens with zero attached hydrogens (tertiary/aromatic N) is 2. The smallest absolute Gasteiger partial charge is 0.245 e. The normalized spacial score (nSPS) is 27.6. The number of carbonyl (C=O) groups is 3. The van der Waals surface area contributed by atoms with Gasteiger partial charge in [0.1, 0.15) is 0 Å². The zero-order valence-electron chi connectivity index (χ0n) is 22.3. The number of anilines is 1. The number of rotatable bonds is 5. The summed E-state index contributed by atoms with van der Waals surface area (Å²) >= 11 is 0. The molecule has 40 heavy (non-hydrogen) atoms. The molecule has 0 aromatic heterocycles. The molecule has 2 aliphatic heterocycles. The Hall–Kier alpha value is -4.14. The number of nitrogens with one attached hydrogen (secondary N) is 1. The third kappa shape index (κ3) is 3.46. The number of imide groups is 1. The predicted octanol–water partition coefficient (Wildman–Crippen LogP) is 3.80. The van der Waals surface area contributed by atoms with E-state index in [2.05, 4.69) is 10.5 Å². The quantitative estimate of drug-likeness (QED) is 0.305. The molecule has 2 bridgehead atoms. The molecule has 202 valence electrons. The Morgan fingerprint density at radius 3 is 2.17 bits per heavy atom. The highest BCUT2D eigenvalue weighted by Crippen LogP contribution is 2.63. The van der Waals surface area contributed by atoms with E-state index < -0.39 is 23.0 Å². The van der Waals surface area contributed by atoms with Gasteiger partial charge in [0.05, 0.1) is 42.6 Å². The fourth-order valence-corrected chi connectivity index (χ4v) is 7.19. The highest BCUT2D eigenvalue weighted by atomic mass is 16.7. The van der Waals surface area contributed by atoms with Crippen molar-refractivity contribution in [3.8, 4) is 0 Å². The number of hydrogen-bond acceptors (Lipinski definition) is 6. The van der Waals surface area contributed by atoms with Gasteiger partial charge in [-0.1, -0.05) is 66.2 Å². The minimum Gasteiger partial charge on any atom is -0.347 e. The molecule has 8 rings (SSSR count). The molecule has 2 atom stereocenters. The van der Waals surface area contributed by atoms with Crippen molar-refractivity contribution < 1.29 is 23.9 Å². The van der Waals surface area contributed by atoms with Crippen molar-refractivity contribution in [1.82, 2.24) is 5.43 Å². The minimum absolute atomic E-state index is 0.0166. The molecule has 0 spiro atoms. The minimum atomic E-state index is -1.05. The van der Waals surface area contributed by atoms with Crippen molar-refractivity contribution in [3.63, 3.8) is 0 Å². The molecular formula is C32H29N3O5. The van der Waals surface area contributed by atoms with Gasteiger partial charge in [-0.25, -0.2) is 10.3 Å². The lowest BCUT2D eigenvalue weighted by atomic mass is 9.47. The van der Waals surface area contributed by atoms with E-state index in [1.54, 1.807) is 13.1 Å². The Kier molecular flexibility index (Phi) is 5.56. The lowest BCUT2D eigenvalue weighted by molar-refractivity contribution is -0.159. The fourth-order valence-electron chi connectivity index (χ4n) is 7.19. The average Bonchev–Trinajstić information content (AvgIpc) is 3.50. The molecule has 3 amide bonds. The summed E-state index contributed by atoms with van der Waals surface area (Å²) < 4.78 is 11.1. The van der Waals surface area contributed by atoms with Crippen LogP contribution < -0.4 is 10.3 Å². The Labute approximate surface area is 232 Å². The van der Waals surface area contributed by atoms with Crippen molar-refractivity contribution in [2.75, 3.05) is 18.1 Å². The zero-order chi connectivity index (χ0) is 27.6. The van der Waals surface area contributed by atoms with Crippen molar-refractivity contribution in [2.24, 2.45) is 16.9 Å². The van der Waals surface area contributed by atoms with Gasteiger partial charge in [-0.05, 0) is 48.2 Å². The molecule has 2 fully saturated rings. The fraction of sp³-hybridized carbons (Fsp3) is 0.312. The predicted molar refractivity (Wildman–Crippen MR) is 148 cm³/mol. The van der Waals surface area contributed by atoms with Crippen LogP contribution in [0.1, 0.15) is 47.1 Å². The van der Waals surface area contributed by atoms with Gasteiger partial charge in [0.25, 0.3) is 0 Å². The monoisotopic (exact) mass is 535 g/mol. The van der Waals surface area contributed by atoms with E-state index in [9.17, 15) is 14.4 Å². The van der Waals surface area contributed by atoms with Gasteiger partial charge in [0.2, 0.25) is 17.7 Å². The van der Waals surface area contributed by atoms with Crippen molar-refractivity contribution in [3.05, 3.63) is 101 Å².